The molecule has 24 heavy (non-hydrogen) atoms. The molecule has 132 valence electrons. The highest BCUT2D eigenvalue weighted by Gasteiger charge is 2.47. The normalized spacial score (nSPS) is 25.9. The number of fused-ring (bicyclic) bond motifs is 2. The van der Waals surface area contributed by atoms with E-state index in [1.165, 1.54) is 6.26 Å². The summed E-state index contributed by atoms with van der Waals surface area (Å²) in [5.74, 6) is 1.29. The Kier molecular flexibility index (Phi) is 4.83. The van der Waals surface area contributed by atoms with Crippen molar-refractivity contribution in [1.29, 1.82) is 0 Å². The first-order valence-electron chi connectivity index (χ1n) is 8.26. The van der Waals surface area contributed by atoms with E-state index in [-0.39, 0.29) is 18.0 Å². The first-order valence-corrected chi connectivity index (χ1v) is 10.1. The number of ether oxygens (including phenoxy) is 1. The molecule has 0 aromatic heterocycles. The average Bonchev–Trinajstić information content (AvgIpc) is 3.11. The molecule has 3 atom stereocenters. The van der Waals surface area contributed by atoms with Gasteiger partial charge in [0, 0.05) is 25.0 Å². The van der Waals surface area contributed by atoms with Crippen molar-refractivity contribution >= 4 is 15.9 Å². The molecule has 1 amide bonds. The van der Waals surface area contributed by atoms with Gasteiger partial charge in [0.05, 0.1) is 13.4 Å². The summed E-state index contributed by atoms with van der Waals surface area (Å²) in [5, 5.41) is 0. The lowest BCUT2D eigenvalue weighted by Gasteiger charge is -2.33. The molecular formula is C17H24N2O4S. The van der Waals surface area contributed by atoms with Crippen molar-refractivity contribution in [2.24, 2.45) is 5.92 Å². The maximum Gasteiger partial charge on any atom is 0.223 e. The van der Waals surface area contributed by atoms with Gasteiger partial charge in [-0.1, -0.05) is 18.2 Å². The van der Waals surface area contributed by atoms with Gasteiger partial charge in [0.25, 0.3) is 0 Å². The van der Waals surface area contributed by atoms with E-state index < -0.39 is 10.0 Å². The van der Waals surface area contributed by atoms with Crippen LogP contribution in [0, 0.1) is 5.92 Å². The predicted octanol–water partition coefficient (Wildman–Crippen LogP) is 1.17. The molecule has 1 aliphatic heterocycles. The molecule has 1 saturated heterocycles. The summed E-state index contributed by atoms with van der Waals surface area (Å²) < 4.78 is 31.0. The minimum absolute atomic E-state index is 0.00473. The largest absolute Gasteiger partial charge is 0.496 e. The van der Waals surface area contributed by atoms with Crippen LogP contribution in [0.25, 0.3) is 0 Å². The zero-order valence-corrected chi connectivity index (χ0v) is 14.9. The van der Waals surface area contributed by atoms with Gasteiger partial charge >= 0.3 is 0 Å². The number of likely N-dealkylation sites (tertiary alicyclic amines) is 1. The van der Waals surface area contributed by atoms with Gasteiger partial charge in [-0.2, -0.15) is 0 Å². The topological polar surface area (TPSA) is 75.7 Å². The number of hydrogen-bond acceptors (Lipinski definition) is 4. The summed E-state index contributed by atoms with van der Waals surface area (Å²) in [7, 11) is -1.62. The number of nitrogens with one attached hydrogen (secondary N) is 1. The van der Waals surface area contributed by atoms with Crippen LogP contribution in [0.5, 0.6) is 5.75 Å². The predicted molar refractivity (Wildman–Crippen MR) is 91.3 cm³/mol. The summed E-state index contributed by atoms with van der Waals surface area (Å²) in [6.45, 7) is 0.747. The minimum atomic E-state index is -3.25. The number of nitrogens with zero attached hydrogens (tertiary/aromatic N) is 1. The van der Waals surface area contributed by atoms with Crippen LogP contribution in [0.3, 0.4) is 0 Å². The molecular weight excluding hydrogens is 328 g/mol. The lowest BCUT2D eigenvalue weighted by atomic mass is 10.0. The number of sulfonamides is 1. The minimum Gasteiger partial charge on any atom is -0.496 e. The Morgan fingerprint density at radius 2 is 2.08 bits per heavy atom. The Balaban J connectivity index is 1.61. The van der Waals surface area contributed by atoms with Gasteiger partial charge in [-0.3, -0.25) is 4.79 Å². The number of rotatable bonds is 6. The second-order valence-electron chi connectivity index (χ2n) is 6.76. The number of amides is 1. The van der Waals surface area contributed by atoms with Crippen molar-refractivity contribution in [2.75, 3.05) is 19.9 Å². The van der Waals surface area contributed by atoms with E-state index in [0.29, 0.717) is 18.8 Å². The maximum atomic E-state index is 12.6. The fourth-order valence-electron chi connectivity index (χ4n) is 4.01. The third-order valence-corrected chi connectivity index (χ3v) is 5.70. The van der Waals surface area contributed by atoms with Gasteiger partial charge in [0.2, 0.25) is 15.9 Å². The molecule has 1 heterocycles. The van der Waals surface area contributed by atoms with E-state index in [2.05, 4.69) is 4.72 Å². The van der Waals surface area contributed by atoms with Gasteiger partial charge in [0.15, 0.2) is 0 Å². The Morgan fingerprint density at radius 3 is 2.75 bits per heavy atom. The zero-order valence-electron chi connectivity index (χ0n) is 14.1. The summed E-state index contributed by atoms with van der Waals surface area (Å²) in [6, 6.07) is 7.56. The fourth-order valence-corrected chi connectivity index (χ4v) is 4.81. The Labute approximate surface area is 143 Å². The zero-order chi connectivity index (χ0) is 17.3. The van der Waals surface area contributed by atoms with Crippen LogP contribution in [0.2, 0.25) is 0 Å². The Bertz CT molecular complexity index is 719. The quantitative estimate of drug-likeness (QED) is 0.834. The average molecular weight is 352 g/mol. The van der Waals surface area contributed by atoms with Crippen LogP contribution in [-0.4, -0.2) is 51.2 Å². The molecule has 2 aliphatic rings. The first-order chi connectivity index (χ1) is 11.4. The number of benzene rings is 1. The highest BCUT2D eigenvalue weighted by molar-refractivity contribution is 7.88. The van der Waals surface area contributed by atoms with Crippen LogP contribution in [0.4, 0.5) is 0 Å². The molecule has 1 aromatic rings. The molecule has 2 fully saturated rings. The number of methoxy groups -OCH3 is 1. The highest BCUT2D eigenvalue weighted by Crippen LogP contribution is 2.38. The first kappa shape index (κ1) is 17.2. The van der Waals surface area contributed by atoms with Crippen molar-refractivity contribution < 1.29 is 17.9 Å². The van der Waals surface area contributed by atoms with Crippen molar-refractivity contribution in [3.05, 3.63) is 29.8 Å². The van der Waals surface area contributed by atoms with Crippen LogP contribution >= 0.6 is 0 Å². The molecule has 2 bridgehead atoms. The second-order valence-corrected chi connectivity index (χ2v) is 8.54. The number of hydrogen-bond donors (Lipinski definition) is 1. The summed E-state index contributed by atoms with van der Waals surface area (Å²) >= 11 is 0. The van der Waals surface area contributed by atoms with Gasteiger partial charge in [-0.05, 0) is 36.8 Å². The molecule has 1 saturated carbocycles. The van der Waals surface area contributed by atoms with Gasteiger partial charge in [-0.15, -0.1) is 0 Å². The maximum absolute atomic E-state index is 12.6. The van der Waals surface area contributed by atoms with E-state index in [1.807, 2.05) is 29.2 Å². The third-order valence-electron chi connectivity index (χ3n) is 4.97. The number of para-hydroxylation sites is 1. The summed E-state index contributed by atoms with van der Waals surface area (Å²) in [5.41, 5.74) is 1.02. The van der Waals surface area contributed by atoms with E-state index in [0.717, 1.165) is 30.7 Å². The molecule has 1 aromatic carbocycles. The number of piperidine rings is 1. The number of carbonyl (C=O) groups is 1. The number of aryl methyl sites for hydroxylation is 1. The van der Waals surface area contributed by atoms with Crippen molar-refractivity contribution in [3.63, 3.8) is 0 Å². The molecule has 0 spiro atoms. The van der Waals surface area contributed by atoms with Gasteiger partial charge in [0.1, 0.15) is 5.75 Å². The SMILES string of the molecule is COc1ccccc1CCC(=O)N1CC2CC(NS(C)(=O)=O)C1C2. The highest BCUT2D eigenvalue weighted by atomic mass is 32.2. The molecule has 6 nitrogen and oxygen atoms in total. The molecule has 1 aliphatic carbocycles. The van der Waals surface area contributed by atoms with Crippen LogP contribution < -0.4 is 9.46 Å². The van der Waals surface area contributed by atoms with Gasteiger partial charge < -0.3 is 9.64 Å². The van der Waals surface area contributed by atoms with Crippen LogP contribution in [-0.2, 0) is 21.2 Å². The second kappa shape index (κ2) is 6.72. The lowest BCUT2D eigenvalue weighted by molar-refractivity contribution is -0.133. The molecule has 0 radical (unpaired) electrons. The van der Waals surface area contributed by atoms with E-state index in [1.54, 1.807) is 7.11 Å². The Morgan fingerprint density at radius 1 is 1.33 bits per heavy atom. The van der Waals surface area contributed by atoms with E-state index in [4.69, 9.17) is 4.74 Å². The fraction of sp³-hybridized carbons (Fsp3) is 0.588. The standard InChI is InChI=1S/C17H24N2O4S/c1-23-16-6-4-3-5-13(16)7-8-17(20)19-11-12-9-14(15(19)10-12)18-24(2,21)22/h3-6,12,14-15,18H,7-11H2,1-2H3. The molecule has 3 unspecified atom stereocenters. The van der Waals surface area contributed by atoms with E-state index in [9.17, 15) is 13.2 Å². The van der Waals surface area contributed by atoms with E-state index >= 15 is 0 Å². The summed E-state index contributed by atoms with van der Waals surface area (Å²) in [4.78, 5) is 14.5. The summed E-state index contributed by atoms with van der Waals surface area (Å²) in [6.07, 6.45) is 3.94. The van der Waals surface area contributed by atoms with Crippen molar-refractivity contribution in [3.8, 4) is 5.75 Å². The molecule has 7 heteroatoms. The van der Waals surface area contributed by atoms with Crippen LogP contribution in [0.15, 0.2) is 24.3 Å². The van der Waals surface area contributed by atoms with Crippen molar-refractivity contribution in [1.82, 2.24) is 9.62 Å². The van der Waals surface area contributed by atoms with Gasteiger partial charge in [-0.25, -0.2) is 13.1 Å². The van der Waals surface area contributed by atoms with Crippen molar-refractivity contribution in [2.45, 2.75) is 37.8 Å². The lowest BCUT2D eigenvalue weighted by Crippen LogP contribution is -2.51. The molecule has 1 N–H and O–H groups in total. The molecule has 3 rings (SSSR count). The van der Waals surface area contributed by atoms with Crippen LogP contribution in [0.1, 0.15) is 24.8 Å². The monoisotopic (exact) mass is 352 g/mol. The smallest absolute Gasteiger partial charge is 0.223 e. The third kappa shape index (κ3) is 3.72. The Hall–Kier alpha value is -1.60. The number of carbonyl (C=O) groups excluding carboxylic acids is 1.